The first kappa shape index (κ1) is 14.3. The molecule has 0 aromatic carbocycles. The monoisotopic (exact) mass is 284 g/mol. The smallest absolute Gasteiger partial charge is 0.231 e. The Kier molecular flexibility index (Phi) is 4.42. The fraction of sp³-hybridized carbons (Fsp3) is 0.750. The van der Waals surface area contributed by atoms with Crippen LogP contribution in [0.3, 0.4) is 0 Å². The van der Waals surface area contributed by atoms with Crippen LogP contribution in [-0.4, -0.2) is 67.7 Å². The Morgan fingerprint density at radius 3 is 2.47 bits per heavy atom. The topological polar surface area (TPSA) is 48.4 Å². The molecule has 0 spiro atoms. The van der Waals surface area contributed by atoms with Gasteiger partial charge in [0.25, 0.3) is 0 Å². The molecule has 7 heteroatoms. The van der Waals surface area contributed by atoms with Crippen LogP contribution in [0, 0.1) is 5.92 Å². The van der Waals surface area contributed by atoms with Gasteiger partial charge in [0.15, 0.2) is 0 Å². The van der Waals surface area contributed by atoms with Gasteiger partial charge in [-0.1, -0.05) is 0 Å². The molecule has 1 atom stereocenters. The molecule has 1 unspecified atom stereocenters. The van der Waals surface area contributed by atoms with Crippen LogP contribution < -0.4 is 9.80 Å². The van der Waals surface area contributed by atoms with Gasteiger partial charge in [-0.05, 0) is 37.5 Å². The van der Waals surface area contributed by atoms with Gasteiger partial charge in [-0.2, -0.15) is 15.0 Å². The predicted molar refractivity (Wildman–Crippen MR) is 78.0 cm³/mol. The highest BCUT2D eigenvalue weighted by molar-refractivity contribution is 6.28. The Morgan fingerprint density at radius 1 is 1.21 bits per heavy atom. The summed E-state index contributed by atoms with van der Waals surface area (Å²) in [5.41, 5.74) is 0. The second-order valence-electron chi connectivity index (χ2n) is 5.40. The maximum Gasteiger partial charge on any atom is 0.231 e. The number of hydrogen-bond acceptors (Lipinski definition) is 6. The molecule has 2 rings (SSSR count). The summed E-state index contributed by atoms with van der Waals surface area (Å²) in [4.78, 5) is 19.0. The zero-order chi connectivity index (χ0) is 14.0. The van der Waals surface area contributed by atoms with Gasteiger partial charge < -0.3 is 14.7 Å². The van der Waals surface area contributed by atoms with Crippen LogP contribution in [0.2, 0.25) is 5.28 Å². The predicted octanol–water partition coefficient (Wildman–Crippen LogP) is 0.979. The molecular weight excluding hydrogens is 264 g/mol. The first-order chi connectivity index (χ1) is 8.95. The number of hydrogen-bond donors (Lipinski definition) is 0. The van der Waals surface area contributed by atoms with Crippen LogP contribution in [0.4, 0.5) is 11.9 Å². The molecule has 19 heavy (non-hydrogen) atoms. The minimum Gasteiger partial charge on any atom is -0.347 e. The second-order valence-corrected chi connectivity index (χ2v) is 5.73. The second kappa shape index (κ2) is 5.88. The van der Waals surface area contributed by atoms with E-state index in [9.17, 15) is 0 Å². The summed E-state index contributed by atoms with van der Waals surface area (Å²) in [5, 5.41) is 0.240. The normalized spacial score (nSPS) is 19.7. The molecule has 1 saturated heterocycles. The van der Waals surface area contributed by atoms with Crippen molar-refractivity contribution in [3.63, 3.8) is 0 Å². The molecule has 2 heterocycles. The van der Waals surface area contributed by atoms with Crippen molar-refractivity contribution in [1.29, 1.82) is 0 Å². The van der Waals surface area contributed by atoms with Crippen molar-refractivity contribution in [3.8, 4) is 0 Å². The summed E-state index contributed by atoms with van der Waals surface area (Å²) in [7, 11) is 7.94. The van der Waals surface area contributed by atoms with Gasteiger partial charge >= 0.3 is 0 Å². The van der Waals surface area contributed by atoms with Crippen molar-refractivity contribution in [2.45, 2.75) is 6.42 Å². The average molecular weight is 285 g/mol. The molecule has 1 aromatic heterocycles. The minimum atomic E-state index is 0.240. The fourth-order valence-electron chi connectivity index (χ4n) is 2.34. The van der Waals surface area contributed by atoms with Gasteiger partial charge in [0, 0.05) is 34.2 Å². The summed E-state index contributed by atoms with van der Waals surface area (Å²) in [6, 6.07) is 0. The third-order valence-corrected chi connectivity index (χ3v) is 3.52. The van der Waals surface area contributed by atoms with Crippen LogP contribution in [0.5, 0.6) is 0 Å². The lowest BCUT2D eigenvalue weighted by Gasteiger charge is -2.22. The van der Waals surface area contributed by atoms with E-state index in [1.165, 1.54) is 13.0 Å². The molecule has 106 valence electrons. The van der Waals surface area contributed by atoms with Crippen molar-refractivity contribution in [3.05, 3.63) is 5.28 Å². The fourth-order valence-corrected chi connectivity index (χ4v) is 2.50. The summed E-state index contributed by atoms with van der Waals surface area (Å²) in [5.74, 6) is 1.89. The van der Waals surface area contributed by atoms with Crippen LogP contribution in [0.15, 0.2) is 0 Å². The number of likely N-dealkylation sites (tertiary alicyclic amines) is 1. The van der Waals surface area contributed by atoms with E-state index < -0.39 is 0 Å². The lowest BCUT2D eigenvalue weighted by Crippen LogP contribution is -2.29. The molecule has 0 radical (unpaired) electrons. The van der Waals surface area contributed by atoms with Gasteiger partial charge in [-0.25, -0.2) is 0 Å². The molecule has 0 aliphatic carbocycles. The van der Waals surface area contributed by atoms with Crippen LogP contribution >= 0.6 is 11.6 Å². The maximum absolute atomic E-state index is 5.95. The summed E-state index contributed by atoms with van der Waals surface area (Å²) < 4.78 is 0. The first-order valence-corrected chi connectivity index (χ1v) is 6.82. The quantitative estimate of drug-likeness (QED) is 0.821. The number of aromatic nitrogens is 3. The Balaban J connectivity index is 2.08. The van der Waals surface area contributed by atoms with Crippen molar-refractivity contribution in [1.82, 2.24) is 19.9 Å². The highest BCUT2D eigenvalue weighted by atomic mass is 35.5. The van der Waals surface area contributed by atoms with Gasteiger partial charge in [0.1, 0.15) is 0 Å². The molecule has 0 amide bonds. The van der Waals surface area contributed by atoms with E-state index in [-0.39, 0.29) is 5.28 Å². The van der Waals surface area contributed by atoms with Crippen molar-refractivity contribution in [2.24, 2.45) is 5.92 Å². The van der Waals surface area contributed by atoms with E-state index in [1.54, 1.807) is 0 Å². The lowest BCUT2D eigenvalue weighted by molar-refractivity contribution is 0.395. The zero-order valence-electron chi connectivity index (χ0n) is 12.0. The van der Waals surface area contributed by atoms with Gasteiger partial charge in [0.05, 0.1) is 0 Å². The minimum absolute atomic E-state index is 0.240. The molecular formula is C12H21ClN6. The van der Waals surface area contributed by atoms with E-state index in [0.717, 1.165) is 13.1 Å². The molecule has 1 aliphatic rings. The Hall–Kier alpha value is -1.14. The van der Waals surface area contributed by atoms with Gasteiger partial charge in [-0.15, -0.1) is 0 Å². The van der Waals surface area contributed by atoms with Gasteiger partial charge in [-0.3, -0.25) is 0 Å². The highest BCUT2D eigenvalue weighted by Crippen LogP contribution is 2.19. The van der Waals surface area contributed by atoms with Crippen molar-refractivity contribution < 1.29 is 0 Å². The van der Waals surface area contributed by atoms with Crippen molar-refractivity contribution >= 4 is 23.5 Å². The Labute approximate surface area is 119 Å². The SMILES string of the molecule is CN1CCC(CN(C)c2nc(Cl)nc(N(C)C)n2)C1. The van der Waals surface area contributed by atoms with E-state index in [2.05, 4.69) is 31.8 Å². The Bertz CT molecular complexity index is 438. The molecule has 1 aromatic rings. The van der Waals surface area contributed by atoms with E-state index in [1.807, 2.05) is 26.0 Å². The maximum atomic E-state index is 5.95. The molecule has 0 N–H and O–H groups in total. The lowest BCUT2D eigenvalue weighted by atomic mass is 10.1. The zero-order valence-corrected chi connectivity index (χ0v) is 12.7. The largest absolute Gasteiger partial charge is 0.347 e. The van der Waals surface area contributed by atoms with Crippen molar-refractivity contribution in [2.75, 3.05) is 57.6 Å². The Morgan fingerprint density at radius 2 is 1.89 bits per heavy atom. The number of rotatable bonds is 4. The highest BCUT2D eigenvalue weighted by Gasteiger charge is 2.22. The number of nitrogens with zero attached hydrogens (tertiary/aromatic N) is 6. The summed E-state index contributed by atoms with van der Waals surface area (Å²) >= 11 is 5.95. The molecule has 1 aliphatic heterocycles. The summed E-state index contributed by atoms with van der Waals surface area (Å²) in [6.07, 6.45) is 1.22. The molecule has 0 saturated carbocycles. The van der Waals surface area contributed by atoms with E-state index in [0.29, 0.717) is 17.8 Å². The molecule has 6 nitrogen and oxygen atoms in total. The van der Waals surface area contributed by atoms with Crippen LogP contribution in [0.25, 0.3) is 0 Å². The third kappa shape index (κ3) is 3.67. The van der Waals surface area contributed by atoms with E-state index in [4.69, 9.17) is 11.6 Å². The summed E-state index contributed by atoms with van der Waals surface area (Å²) in [6.45, 7) is 3.24. The first-order valence-electron chi connectivity index (χ1n) is 6.44. The third-order valence-electron chi connectivity index (χ3n) is 3.35. The van der Waals surface area contributed by atoms with E-state index >= 15 is 0 Å². The van der Waals surface area contributed by atoms with Crippen LogP contribution in [0.1, 0.15) is 6.42 Å². The molecule has 1 fully saturated rings. The number of halogens is 1. The molecule has 0 bridgehead atoms. The van der Waals surface area contributed by atoms with Crippen LogP contribution in [-0.2, 0) is 0 Å². The van der Waals surface area contributed by atoms with Gasteiger partial charge in [0.2, 0.25) is 17.2 Å². The average Bonchev–Trinajstić information content (AvgIpc) is 2.73. The number of anilines is 2. The standard InChI is InChI=1S/C12H21ClN6/c1-17(2)11-14-10(13)15-12(16-11)19(4)8-9-5-6-18(3)7-9/h9H,5-8H2,1-4H3.